The van der Waals surface area contributed by atoms with Crippen LogP contribution in [0.5, 0.6) is 0 Å². The molecule has 0 aliphatic heterocycles. The number of phosphoric acid groups is 1. The van der Waals surface area contributed by atoms with Crippen molar-refractivity contribution in [3.63, 3.8) is 0 Å². The predicted molar refractivity (Wildman–Crippen MR) is 103 cm³/mol. The SMILES string of the molecule is O=C(CCCCCO)OP(=O)(OC(=O)CCCCCO)OC(=O)CCCCCO. The van der Waals surface area contributed by atoms with E-state index in [1.54, 1.807) is 0 Å². The van der Waals surface area contributed by atoms with Crippen LogP contribution in [0.4, 0.5) is 0 Å². The second kappa shape index (κ2) is 17.4. The van der Waals surface area contributed by atoms with Crippen molar-refractivity contribution < 1.29 is 47.8 Å². The average Bonchev–Trinajstić information content (AvgIpc) is 2.65. The highest BCUT2D eigenvalue weighted by Crippen LogP contribution is 2.51. The number of hydrogen-bond donors (Lipinski definition) is 3. The van der Waals surface area contributed by atoms with Crippen molar-refractivity contribution >= 4 is 25.7 Å². The third-order valence-corrected chi connectivity index (χ3v) is 5.04. The Kier molecular flexibility index (Phi) is 16.5. The van der Waals surface area contributed by atoms with E-state index in [4.69, 9.17) is 28.9 Å². The van der Waals surface area contributed by atoms with Crippen LogP contribution in [-0.4, -0.2) is 53.0 Å². The third-order valence-electron chi connectivity index (χ3n) is 3.76. The number of carbonyl (C=O) groups excluding carboxylic acids is 3. The van der Waals surface area contributed by atoms with Gasteiger partial charge < -0.3 is 28.9 Å². The van der Waals surface area contributed by atoms with Crippen molar-refractivity contribution in [2.45, 2.75) is 77.0 Å². The zero-order valence-electron chi connectivity index (χ0n) is 16.8. The Balaban J connectivity index is 4.74. The first-order valence-corrected chi connectivity index (χ1v) is 11.4. The molecule has 0 fully saturated rings. The predicted octanol–water partition coefficient (Wildman–Crippen LogP) is 2.38. The van der Waals surface area contributed by atoms with Crippen molar-refractivity contribution in [1.29, 1.82) is 0 Å². The van der Waals surface area contributed by atoms with Gasteiger partial charge in [-0.2, -0.15) is 4.57 Å². The zero-order chi connectivity index (χ0) is 22.0. The molecule has 0 unspecified atom stereocenters. The van der Waals surface area contributed by atoms with Gasteiger partial charge in [-0.05, 0) is 38.5 Å². The monoisotopic (exact) mass is 440 g/mol. The van der Waals surface area contributed by atoms with Crippen molar-refractivity contribution in [1.82, 2.24) is 0 Å². The Morgan fingerprint density at radius 1 is 0.517 bits per heavy atom. The lowest BCUT2D eigenvalue weighted by atomic mass is 10.2. The van der Waals surface area contributed by atoms with Gasteiger partial charge in [-0.1, -0.05) is 19.3 Å². The summed E-state index contributed by atoms with van der Waals surface area (Å²) in [6, 6.07) is 0. The van der Waals surface area contributed by atoms with Crippen LogP contribution in [-0.2, 0) is 32.5 Å². The molecule has 170 valence electrons. The van der Waals surface area contributed by atoms with Crippen LogP contribution in [0.3, 0.4) is 0 Å². The Bertz CT molecular complexity index is 451. The summed E-state index contributed by atoms with van der Waals surface area (Å²) in [5.41, 5.74) is 0. The maximum atomic E-state index is 12.7. The molecule has 0 saturated carbocycles. The number of hydrogen-bond acceptors (Lipinski definition) is 10. The summed E-state index contributed by atoms with van der Waals surface area (Å²) in [7, 11) is -4.75. The van der Waals surface area contributed by atoms with Gasteiger partial charge in [0.15, 0.2) is 0 Å². The quantitative estimate of drug-likeness (QED) is 0.213. The van der Waals surface area contributed by atoms with E-state index in [2.05, 4.69) is 0 Å². The molecule has 0 saturated heterocycles. The van der Waals surface area contributed by atoms with Gasteiger partial charge in [-0.3, -0.25) is 14.4 Å². The van der Waals surface area contributed by atoms with Crippen LogP contribution in [0.25, 0.3) is 0 Å². The first-order chi connectivity index (χ1) is 13.9. The number of carbonyl (C=O) groups is 3. The third kappa shape index (κ3) is 16.0. The molecular weight excluding hydrogens is 407 g/mol. The molecule has 0 heterocycles. The fourth-order valence-corrected chi connectivity index (χ4v) is 3.37. The van der Waals surface area contributed by atoms with Gasteiger partial charge in [-0.25, -0.2) is 0 Å². The molecule has 0 amide bonds. The lowest BCUT2D eigenvalue weighted by Gasteiger charge is -2.16. The summed E-state index contributed by atoms with van der Waals surface area (Å²) in [6.45, 7) is -0.0556. The van der Waals surface area contributed by atoms with Crippen LogP contribution in [0, 0.1) is 0 Å². The van der Waals surface area contributed by atoms with E-state index in [0.717, 1.165) is 0 Å². The van der Waals surface area contributed by atoms with Crippen molar-refractivity contribution in [2.75, 3.05) is 19.8 Å². The molecule has 10 nitrogen and oxygen atoms in total. The number of aliphatic hydroxyl groups excluding tert-OH is 3. The first kappa shape index (κ1) is 27.5. The summed E-state index contributed by atoms with van der Waals surface area (Å²) in [6.07, 6.45) is 3.83. The second-order valence-corrected chi connectivity index (χ2v) is 7.88. The van der Waals surface area contributed by atoms with Gasteiger partial charge in [0.05, 0.1) is 0 Å². The van der Waals surface area contributed by atoms with E-state index in [1.165, 1.54) is 0 Å². The van der Waals surface area contributed by atoms with Crippen LogP contribution in [0.1, 0.15) is 77.0 Å². The summed E-state index contributed by atoms with van der Waals surface area (Å²) >= 11 is 0. The van der Waals surface area contributed by atoms with Crippen LogP contribution in [0.2, 0.25) is 0 Å². The lowest BCUT2D eigenvalue weighted by Crippen LogP contribution is -2.14. The second-order valence-electron chi connectivity index (χ2n) is 6.44. The van der Waals surface area contributed by atoms with Crippen LogP contribution < -0.4 is 0 Å². The van der Waals surface area contributed by atoms with Gasteiger partial charge in [-0.15, -0.1) is 0 Å². The molecule has 0 aliphatic carbocycles. The van der Waals surface area contributed by atoms with Crippen LogP contribution in [0.15, 0.2) is 0 Å². The minimum atomic E-state index is -4.75. The van der Waals surface area contributed by atoms with Gasteiger partial charge in [0.1, 0.15) is 0 Å². The van der Waals surface area contributed by atoms with Crippen LogP contribution >= 0.6 is 7.82 Å². The molecule has 0 radical (unpaired) electrons. The molecule has 3 N–H and O–H groups in total. The molecule has 11 heteroatoms. The maximum Gasteiger partial charge on any atom is 0.653 e. The molecular formula is C18H33O10P. The Morgan fingerprint density at radius 3 is 1.03 bits per heavy atom. The molecule has 0 aromatic rings. The fraction of sp³-hybridized carbons (Fsp3) is 0.833. The molecule has 0 atom stereocenters. The minimum Gasteiger partial charge on any atom is -0.396 e. The lowest BCUT2D eigenvalue weighted by molar-refractivity contribution is -0.144. The maximum absolute atomic E-state index is 12.7. The van der Waals surface area contributed by atoms with E-state index in [1.807, 2.05) is 0 Å². The first-order valence-electron chi connectivity index (χ1n) is 9.96. The highest BCUT2D eigenvalue weighted by molar-refractivity contribution is 7.50. The van der Waals surface area contributed by atoms with E-state index in [-0.39, 0.29) is 39.1 Å². The Hall–Kier alpha value is -1.48. The minimum absolute atomic E-state index is 0.0185. The Morgan fingerprint density at radius 2 is 0.793 bits per heavy atom. The van der Waals surface area contributed by atoms with E-state index >= 15 is 0 Å². The summed E-state index contributed by atoms with van der Waals surface area (Å²) in [4.78, 5) is 35.7. The van der Waals surface area contributed by atoms with Crippen molar-refractivity contribution in [3.8, 4) is 0 Å². The van der Waals surface area contributed by atoms with E-state index in [0.29, 0.717) is 57.8 Å². The summed E-state index contributed by atoms with van der Waals surface area (Å²) in [5.74, 6) is -2.81. The fourth-order valence-electron chi connectivity index (χ4n) is 2.24. The van der Waals surface area contributed by atoms with Gasteiger partial charge in [0.2, 0.25) is 0 Å². The standard InChI is InChI=1S/C18H33O10P/c19-13-7-1-4-10-16(22)26-29(25,27-17(23)11-5-2-8-14-20)28-18(24)12-6-3-9-15-21/h19-21H,1-15H2. The number of rotatable bonds is 18. The van der Waals surface area contributed by atoms with Gasteiger partial charge in [0, 0.05) is 39.1 Å². The highest BCUT2D eigenvalue weighted by Gasteiger charge is 2.38. The van der Waals surface area contributed by atoms with Gasteiger partial charge >= 0.3 is 25.7 Å². The molecule has 29 heavy (non-hydrogen) atoms. The molecule has 0 rings (SSSR count). The summed E-state index contributed by atoms with van der Waals surface area (Å²) in [5, 5.41) is 26.2. The van der Waals surface area contributed by atoms with Gasteiger partial charge in [0.25, 0.3) is 0 Å². The van der Waals surface area contributed by atoms with E-state index in [9.17, 15) is 18.9 Å². The topological polar surface area (TPSA) is 157 Å². The number of aliphatic hydroxyl groups is 3. The molecule has 0 spiro atoms. The van der Waals surface area contributed by atoms with Crippen molar-refractivity contribution in [3.05, 3.63) is 0 Å². The zero-order valence-corrected chi connectivity index (χ0v) is 17.6. The molecule has 0 aromatic heterocycles. The largest absolute Gasteiger partial charge is 0.653 e. The number of unbranched alkanes of at least 4 members (excludes halogenated alkanes) is 6. The summed E-state index contributed by atoms with van der Waals surface area (Å²) < 4.78 is 26.8. The smallest absolute Gasteiger partial charge is 0.396 e. The van der Waals surface area contributed by atoms with E-state index < -0.39 is 25.7 Å². The molecule has 0 bridgehead atoms. The van der Waals surface area contributed by atoms with Crippen molar-refractivity contribution in [2.24, 2.45) is 0 Å². The molecule has 0 aliphatic rings. The average molecular weight is 440 g/mol. The molecule has 0 aromatic carbocycles. The number of phosphoric ester groups is 1. The normalized spacial score (nSPS) is 11.1. The highest BCUT2D eigenvalue weighted by atomic mass is 31.2. The Labute approximate surface area is 171 Å².